The number of para-hydroxylation sites is 2. The van der Waals surface area contributed by atoms with E-state index in [0.29, 0.717) is 6.04 Å². The van der Waals surface area contributed by atoms with E-state index in [1.807, 2.05) is 13.2 Å². The number of hydrogen-bond donors (Lipinski definition) is 1. The zero-order valence-electron chi connectivity index (χ0n) is 13.2. The molecule has 3 rings (SSSR count). The Labute approximate surface area is 126 Å². The smallest absolute Gasteiger partial charge is 0.111 e. The molecule has 1 fully saturated rings. The van der Waals surface area contributed by atoms with Crippen molar-refractivity contribution in [1.82, 2.24) is 14.9 Å². The van der Waals surface area contributed by atoms with Crippen LogP contribution in [-0.2, 0) is 18.2 Å². The molecule has 0 amide bonds. The molecule has 1 heterocycles. The number of fused-ring (bicyclic) bond motifs is 1. The quantitative estimate of drug-likeness (QED) is 0.888. The highest BCUT2D eigenvalue weighted by Crippen LogP contribution is 2.39. The molecule has 0 saturated heterocycles. The van der Waals surface area contributed by atoms with Crippen molar-refractivity contribution in [2.45, 2.75) is 44.2 Å². The highest BCUT2D eigenvalue weighted by molar-refractivity contribution is 5.75. The summed E-state index contributed by atoms with van der Waals surface area (Å²) in [6.45, 7) is 3.11. The maximum absolute atomic E-state index is 5.88. The molecule has 0 radical (unpaired) electrons. The summed E-state index contributed by atoms with van der Waals surface area (Å²) in [5.41, 5.74) is 2.27. The van der Waals surface area contributed by atoms with Gasteiger partial charge in [0.1, 0.15) is 5.82 Å². The Kier molecular flexibility index (Phi) is 4.00. The molecule has 2 aromatic rings. The number of likely N-dealkylation sites (N-methyl/N-ethyl adjacent to an activating group) is 1. The highest BCUT2D eigenvalue weighted by atomic mass is 16.5. The second-order valence-electron chi connectivity index (χ2n) is 6.01. The largest absolute Gasteiger partial charge is 0.377 e. The van der Waals surface area contributed by atoms with Gasteiger partial charge in [-0.05, 0) is 37.9 Å². The molecule has 0 aliphatic heterocycles. The summed E-state index contributed by atoms with van der Waals surface area (Å²) >= 11 is 0. The highest BCUT2D eigenvalue weighted by Gasteiger charge is 2.44. The maximum atomic E-state index is 5.88. The van der Waals surface area contributed by atoms with Crippen LogP contribution in [0.5, 0.6) is 0 Å². The Morgan fingerprint density at radius 2 is 2.14 bits per heavy atom. The van der Waals surface area contributed by atoms with Crippen LogP contribution >= 0.6 is 0 Å². The number of nitrogens with zero attached hydrogens (tertiary/aromatic N) is 2. The lowest BCUT2D eigenvalue weighted by atomic mass is 9.73. The first-order valence-corrected chi connectivity index (χ1v) is 7.89. The van der Waals surface area contributed by atoms with Gasteiger partial charge >= 0.3 is 0 Å². The average Bonchev–Trinajstić information content (AvgIpc) is 2.76. The molecule has 0 bridgehead atoms. The van der Waals surface area contributed by atoms with Gasteiger partial charge in [-0.1, -0.05) is 19.1 Å². The molecular formula is C17H25N3O. The van der Waals surface area contributed by atoms with Gasteiger partial charge in [-0.25, -0.2) is 4.98 Å². The van der Waals surface area contributed by atoms with Crippen molar-refractivity contribution in [2.24, 2.45) is 7.05 Å². The number of nitrogens with one attached hydrogen (secondary N) is 1. The minimum absolute atomic E-state index is 0.00581. The third kappa shape index (κ3) is 2.47. The van der Waals surface area contributed by atoms with Crippen molar-refractivity contribution in [1.29, 1.82) is 0 Å². The lowest BCUT2D eigenvalue weighted by Crippen LogP contribution is -2.57. The molecule has 1 saturated carbocycles. The summed E-state index contributed by atoms with van der Waals surface area (Å²) in [7, 11) is 3.95. The van der Waals surface area contributed by atoms with Crippen LogP contribution in [0.15, 0.2) is 24.3 Å². The van der Waals surface area contributed by atoms with Crippen molar-refractivity contribution in [3.8, 4) is 0 Å². The Morgan fingerprint density at radius 3 is 2.71 bits per heavy atom. The zero-order chi connectivity index (χ0) is 14.9. The second-order valence-corrected chi connectivity index (χ2v) is 6.01. The van der Waals surface area contributed by atoms with Crippen molar-refractivity contribution < 1.29 is 4.74 Å². The summed E-state index contributed by atoms with van der Waals surface area (Å²) in [5, 5.41) is 3.62. The van der Waals surface area contributed by atoms with Gasteiger partial charge < -0.3 is 14.6 Å². The van der Waals surface area contributed by atoms with Crippen molar-refractivity contribution in [3.05, 3.63) is 30.1 Å². The van der Waals surface area contributed by atoms with Gasteiger partial charge in [0.2, 0.25) is 0 Å². The van der Waals surface area contributed by atoms with Crippen molar-refractivity contribution in [3.63, 3.8) is 0 Å². The molecule has 1 atom stereocenters. The molecule has 0 spiro atoms. The average molecular weight is 287 g/mol. The van der Waals surface area contributed by atoms with Gasteiger partial charge in [0.15, 0.2) is 0 Å². The first-order chi connectivity index (χ1) is 10.2. The molecule has 4 nitrogen and oxygen atoms in total. The third-order valence-electron chi connectivity index (χ3n) is 4.96. The summed E-state index contributed by atoms with van der Waals surface area (Å²) in [6, 6.07) is 8.65. The van der Waals surface area contributed by atoms with Crippen molar-refractivity contribution in [2.75, 3.05) is 13.7 Å². The zero-order valence-corrected chi connectivity index (χ0v) is 13.2. The fraction of sp³-hybridized carbons (Fsp3) is 0.588. The Balaban J connectivity index is 1.89. The molecule has 21 heavy (non-hydrogen) atoms. The molecule has 1 unspecified atom stereocenters. The van der Waals surface area contributed by atoms with E-state index in [0.717, 1.165) is 37.1 Å². The number of imidazole rings is 1. The van der Waals surface area contributed by atoms with E-state index >= 15 is 0 Å². The maximum Gasteiger partial charge on any atom is 0.111 e. The topological polar surface area (TPSA) is 39.1 Å². The number of rotatable bonds is 6. The molecule has 1 aliphatic carbocycles. The number of ether oxygens (including phenoxy) is 1. The van der Waals surface area contributed by atoms with Crippen LogP contribution in [0.3, 0.4) is 0 Å². The molecule has 4 heteroatoms. The molecule has 1 aliphatic rings. The van der Waals surface area contributed by atoms with E-state index in [1.165, 1.54) is 11.9 Å². The van der Waals surface area contributed by atoms with Crippen LogP contribution in [0.25, 0.3) is 11.0 Å². The molecule has 1 aromatic heterocycles. The summed E-state index contributed by atoms with van der Waals surface area (Å²) < 4.78 is 8.09. The van der Waals surface area contributed by atoms with Crippen LogP contribution in [0.1, 0.15) is 32.0 Å². The fourth-order valence-electron chi connectivity index (χ4n) is 3.47. The van der Waals surface area contributed by atoms with Crippen LogP contribution in [0, 0.1) is 0 Å². The monoisotopic (exact) mass is 287 g/mol. The number of hydrogen-bond acceptors (Lipinski definition) is 3. The summed E-state index contributed by atoms with van der Waals surface area (Å²) in [5.74, 6) is 1.13. The first-order valence-electron chi connectivity index (χ1n) is 7.89. The van der Waals surface area contributed by atoms with Gasteiger partial charge in [0.05, 0.1) is 16.6 Å². The van der Waals surface area contributed by atoms with Crippen LogP contribution in [0.2, 0.25) is 0 Å². The Hall–Kier alpha value is -1.39. The second kappa shape index (κ2) is 5.78. The number of aromatic nitrogens is 2. The van der Waals surface area contributed by atoms with Gasteiger partial charge in [-0.15, -0.1) is 0 Å². The minimum atomic E-state index is -0.00581. The third-order valence-corrected chi connectivity index (χ3v) is 4.96. The van der Waals surface area contributed by atoms with E-state index < -0.39 is 0 Å². The van der Waals surface area contributed by atoms with E-state index in [1.54, 1.807) is 0 Å². The van der Waals surface area contributed by atoms with Gasteiger partial charge in [0.25, 0.3) is 0 Å². The van der Waals surface area contributed by atoms with Gasteiger partial charge in [-0.3, -0.25) is 0 Å². The lowest BCUT2D eigenvalue weighted by Gasteiger charge is -2.46. The summed E-state index contributed by atoms with van der Waals surface area (Å²) in [6.07, 6.45) is 4.46. The molecular weight excluding hydrogens is 262 g/mol. The van der Waals surface area contributed by atoms with Gasteiger partial charge in [-0.2, -0.15) is 0 Å². The molecule has 1 aromatic carbocycles. The molecule has 114 valence electrons. The van der Waals surface area contributed by atoms with Crippen LogP contribution in [0.4, 0.5) is 0 Å². The lowest BCUT2D eigenvalue weighted by molar-refractivity contribution is -0.0982. The fourth-order valence-corrected chi connectivity index (χ4v) is 3.47. The van der Waals surface area contributed by atoms with Crippen LogP contribution < -0.4 is 5.32 Å². The first kappa shape index (κ1) is 14.5. The van der Waals surface area contributed by atoms with Gasteiger partial charge in [0, 0.05) is 26.6 Å². The van der Waals surface area contributed by atoms with Crippen molar-refractivity contribution >= 4 is 11.0 Å². The normalized spacial score (nSPS) is 18.6. The van der Waals surface area contributed by atoms with E-state index in [-0.39, 0.29) is 5.60 Å². The predicted octanol–water partition coefficient (Wildman–Crippen LogP) is 2.66. The standard InChI is InChI=1S/C17H25N3O/c1-4-18-15(17(21-3)10-7-11-17)12-16-19-13-8-5-6-9-14(13)20(16)2/h5-6,8-9,15,18H,4,7,10-12H2,1-3H3. The predicted molar refractivity (Wildman–Crippen MR) is 85.5 cm³/mol. The number of aryl methyl sites for hydroxylation is 1. The molecule has 1 N–H and O–H groups in total. The Bertz CT molecular complexity index is 610. The van der Waals surface area contributed by atoms with E-state index in [4.69, 9.17) is 9.72 Å². The minimum Gasteiger partial charge on any atom is -0.377 e. The number of methoxy groups -OCH3 is 1. The summed E-state index contributed by atoms with van der Waals surface area (Å²) in [4.78, 5) is 4.81. The Morgan fingerprint density at radius 1 is 1.38 bits per heavy atom. The van der Waals surface area contributed by atoms with E-state index in [9.17, 15) is 0 Å². The van der Waals surface area contributed by atoms with E-state index in [2.05, 4.69) is 42.1 Å². The SMILES string of the molecule is CCNC(Cc1nc2ccccc2n1C)C1(OC)CCC1. The number of benzene rings is 1. The van der Waals surface area contributed by atoms with Crippen LogP contribution in [-0.4, -0.2) is 34.8 Å².